The molecule has 2 aromatic heterocycles. The van der Waals surface area contributed by atoms with Crippen molar-refractivity contribution in [1.82, 2.24) is 20.1 Å². The fraction of sp³-hybridized carbons (Fsp3) is 0.238. The standard InChI is InChI=1S/C21H22N6O2/c1-12(22-2)19-16(11-17(25-26-19)24-20(28)14-7-8-14)23-15-6-4-5-13-9-10-27(3)21(29)18(13)15/h4-6,9-11,14,22H,1,7-8H2,2-3H3,(H2,23,24,25,28). The number of pyridine rings is 1. The highest BCUT2D eigenvalue weighted by Gasteiger charge is 2.30. The second kappa shape index (κ2) is 7.38. The number of nitrogens with zero attached hydrogens (tertiary/aromatic N) is 3. The average molecular weight is 390 g/mol. The lowest BCUT2D eigenvalue weighted by Gasteiger charge is -2.15. The first-order valence-corrected chi connectivity index (χ1v) is 9.39. The predicted molar refractivity (Wildman–Crippen MR) is 114 cm³/mol. The van der Waals surface area contributed by atoms with E-state index in [2.05, 4.69) is 32.7 Å². The average Bonchev–Trinajstić information content (AvgIpc) is 3.56. The molecule has 8 heteroatoms. The molecule has 4 rings (SSSR count). The van der Waals surface area contributed by atoms with Gasteiger partial charge in [-0.2, -0.15) is 0 Å². The molecule has 3 aromatic rings. The first kappa shape index (κ1) is 18.7. The van der Waals surface area contributed by atoms with E-state index in [1.54, 1.807) is 26.4 Å². The van der Waals surface area contributed by atoms with Gasteiger partial charge < -0.3 is 20.5 Å². The van der Waals surface area contributed by atoms with Crippen molar-refractivity contribution in [2.75, 3.05) is 17.7 Å². The van der Waals surface area contributed by atoms with Gasteiger partial charge in [-0.05, 0) is 30.4 Å². The summed E-state index contributed by atoms with van der Waals surface area (Å²) in [5.41, 5.74) is 2.18. The summed E-state index contributed by atoms with van der Waals surface area (Å²) in [6.45, 7) is 3.96. The Morgan fingerprint density at radius 1 is 1.21 bits per heavy atom. The highest BCUT2D eigenvalue weighted by atomic mass is 16.2. The van der Waals surface area contributed by atoms with Gasteiger partial charge in [0.1, 0.15) is 5.69 Å². The van der Waals surface area contributed by atoms with Crippen molar-refractivity contribution in [3.05, 3.63) is 59.2 Å². The molecule has 2 heterocycles. The molecule has 0 unspecified atom stereocenters. The van der Waals surface area contributed by atoms with Crippen molar-refractivity contribution in [2.24, 2.45) is 13.0 Å². The van der Waals surface area contributed by atoms with Crippen LogP contribution in [0.1, 0.15) is 18.5 Å². The summed E-state index contributed by atoms with van der Waals surface area (Å²) in [6.07, 6.45) is 3.54. The van der Waals surface area contributed by atoms with Gasteiger partial charge in [-0.25, -0.2) is 0 Å². The van der Waals surface area contributed by atoms with E-state index in [0.29, 0.717) is 34.0 Å². The van der Waals surface area contributed by atoms with E-state index < -0.39 is 0 Å². The lowest BCUT2D eigenvalue weighted by Crippen LogP contribution is -2.18. The molecule has 0 aliphatic heterocycles. The van der Waals surface area contributed by atoms with Crippen molar-refractivity contribution >= 4 is 39.6 Å². The van der Waals surface area contributed by atoms with Crippen LogP contribution in [0.2, 0.25) is 0 Å². The van der Waals surface area contributed by atoms with Gasteiger partial charge in [0.15, 0.2) is 5.82 Å². The van der Waals surface area contributed by atoms with E-state index >= 15 is 0 Å². The Morgan fingerprint density at radius 2 is 2.00 bits per heavy atom. The highest BCUT2D eigenvalue weighted by Crippen LogP contribution is 2.31. The van der Waals surface area contributed by atoms with Crippen LogP contribution in [0.25, 0.3) is 16.5 Å². The number of nitrogens with one attached hydrogen (secondary N) is 3. The zero-order valence-corrected chi connectivity index (χ0v) is 16.3. The SMILES string of the molecule is C=C(NC)c1nnc(NC(=O)C2CC2)cc1Nc1cccc2ccn(C)c(=O)c12. The molecule has 0 atom stereocenters. The monoisotopic (exact) mass is 390 g/mol. The fourth-order valence-electron chi connectivity index (χ4n) is 3.10. The molecule has 1 aliphatic rings. The lowest BCUT2D eigenvalue weighted by atomic mass is 10.1. The number of benzene rings is 1. The van der Waals surface area contributed by atoms with Crippen LogP contribution in [0.15, 0.2) is 47.9 Å². The van der Waals surface area contributed by atoms with Crippen LogP contribution in [-0.2, 0) is 11.8 Å². The molecular weight excluding hydrogens is 368 g/mol. The van der Waals surface area contributed by atoms with Gasteiger partial charge in [0.05, 0.1) is 22.5 Å². The maximum atomic E-state index is 12.7. The summed E-state index contributed by atoms with van der Waals surface area (Å²) >= 11 is 0. The molecule has 1 saturated carbocycles. The van der Waals surface area contributed by atoms with Crippen LogP contribution in [0, 0.1) is 5.92 Å². The van der Waals surface area contributed by atoms with Crippen LogP contribution >= 0.6 is 0 Å². The minimum absolute atomic E-state index is 0.0514. The molecule has 8 nitrogen and oxygen atoms in total. The van der Waals surface area contributed by atoms with Crippen molar-refractivity contribution in [2.45, 2.75) is 12.8 Å². The number of carbonyl (C=O) groups is 1. The summed E-state index contributed by atoms with van der Waals surface area (Å²) in [5, 5.41) is 18.8. The van der Waals surface area contributed by atoms with E-state index in [1.165, 1.54) is 4.57 Å². The molecule has 1 amide bonds. The zero-order chi connectivity index (χ0) is 20.5. The first-order chi connectivity index (χ1) is 14.0. The van der Waals surface area contributed by atoms with Gasteiger partial charge in [-0.15, -0.1) is 10.2 Å². The summed E-state index contributed by atoms with van der Waals surface area (Å²) in [7, 11) is 3.45. The number of anilines is 3. The van der Waals surface area contributed by atoms with Crippen molar-refractivity contribution < 1.29 is 4.79 Å². The Labute approximate surface area is 167 Å². The number of aromatic nitrogens is 3. The predicted octanol–water partition coefficient (Wildman–Crippen LogP) is 2.61. The molecular formula is C21H22N6O2. The molecule has 0 radical (unpaired) electrons. The molecule has 0 saturated heterocycles. The second-order valence-electron chi connectivity index (χ2n) is 7.11. The number of amides is 1. The van der Waals surface area contributed by atoms with E-state index in [4.69, 9.17) is 0 Å². The summed E-state index contributed by atoms with van der Waals surface area (Å²) in [6, 6.07) is 9.19. The van der Waals surface area contributed by atoms with Crippen LogP contribution in [0.4, 0.5) is 17.2 Å². The second-order valence-corrected chi connectivity index (χ2v) is 7.11. The number of hydrogen-bond donors (Lipinski definition) is 3. The van der Waals surface area contributed by atoms with Crippen molar-refractivity contribution in [1.29, 1.82) is 0 Å². The molecule has 3 N–H and O–H groups in total. The maximum Gasteiger partial charge on any atom is 0.260 e. The van der Waals surface area contributed by atoms with Gasteiger partial charge in [0.25, 0.3) is 5.56 Å². The Kier molecular flexibility index (Phi) is 4.75. The van der Waals surface area contributed by atoms with Crippen LogP contribution < -0.4 is 21.5 Å². The maximum absolute atomic E-state index is 12.7. The number of hydrogen-bond acceptors (Lipinski definition) is 6. The largest absolute Gasteiger partial charge is 0.387 e. The molecule has 148 valence electrons. The van der Waals surface area contributed by atoms with Gasteiger partial charge in [-0.3, -0.25) is 9.59 Å². The van der Waals surface area contributed by atoms with E-state index in [0.717, 1.165) is 18.2 Å². The number of carbonyl (C=O) groups excluding carboxylic acids is 1. The van der Waals surface area contributed by atoms with E-state index in [-0.39, 0.29) is 17.4 Å². The van der Waals surface area contributed by atoms with Crippen molar-refractivity contribution in [3.63, 3.8) is 0 Å². The Bertz CT molecular complexity index is 1180. The first-order valence-electron chi connectivity index (χ1n) is 9.39. The quantitative estimate of drug-likeness (QED) is 0.598. The van der Waals surface area contributed by atoms with E-state index in [9.17, 15) is 9.59 Å². The van der Waals surface area contributed by atoms with Crippen LogP contribution in [0.3, 0.4) is 0 Å². The van der Waals surface area contributed by atoms with Gasteiger partial charge >= 0.3 is 0 Å². The zero-order valence-electron chi connectivity index (χ0n) is 16.3. The van der Waals surface area contributed by atoms with Gasteiger partial charge in [-0.1, -0.05) is 18.7 Å². The smallest absolute Gasteiger partial charge is 0.260 e. The van der Waals surface area contributed by atoms with Crippen LogP contribution in [-0.4, -0.2) is 27.7 Å². The summed E-state index contributed by atoms with van der Waals surface area (Å²) in [4.78, 5) is 24.8. The molecule has 1 aromatic carbocycles. The Morgan fingerprint density at radius 3 is 2.72 bits per heavy atom. The normalized spacial score (nSPS) is 13.2. The third-order valence-electron chi connectivity index (χ3n) is 4.96. The minimum Gasteiger partial charge on any atom is -0.387 e. The minimum atomic E-state index is -0.108. The number of fused-ring (bicyclic) bond motifs is 1. The molecule has 1 fully saturated rings. The topological polar surface area (TPSA) is 101 Å². The third kappa shape index (κ3) is 3.69. The highest BCUT2D eigenvalue weighted by molar-refractivity contribution is 5.96. The summed E-state index contributed by atoms with van der Waals surface area (Å²) < 4.78 is 1.53. The molecule has 0 spiro atoms. The van der Waals surface area contributed by atoms with Gasteiger partial charge in [0, 0.05) is 32.3 Å². The Hall–Kier alpha value is -3.68. The summed E-state index contributed by atoms with van der Waals surface area (Å²) in [5.74, 6) is 0.357. The molecule has 29 heavy (non-hydrogen) atoms. The van der Waals surface area contributed by atoms with E-state index in [1.807, 2.05) is 24.3 Å². The van der Waals surface area contributed by atoms with Crippen molar-refractivity contribution in [3.8, 4) is 0 Å². The lowest BCUT2D eigenvalue weighted by molar-refractivity contribution is -0.117. The molecule has 0 bridgehead atoms. The fourth-order valence-corrected chi connectivity index (χ4v) is 3.10. The van der Waals surface area contributed by atoms with Crippen LogP contribution in [0.5, 0.6) is 0 Å². The molecule has 1 aliphatic carbocycles. The third-order valence-corrected chi connectivity index (χ3v) is 4.96. The number of rotatable bonds is 6. The van der Waals surface area contributed by atoms with Gasteiger partial charge in [0.2, 0.25) is 5.91 Å². The number of aryl methyl sites for hydroxylation is 1. The Balaban J connectivity index is 1.78.